The van der Waals surface area contributed by atoms with Crippen LogP contribution in [0.3, 0.4) is 0 Å². The summed E-state index contributed by atoms with van der Waals surface area (Å²) in [6, 6.07) is 4.21. The first kappa shape index (κ1) is 32.0. The molecule has 2 fully saturated rings. The van der Waals surface area contributed by atoms with Crippen LogP contribution in [0.25, 0.3) is 10.9 Å². The van der Waals surface area contributed by atoms with Crippen LogP contribution in [-0.2, 0) is 30.4 Å². The summed E-state index contributed by atoms with van der Waals surface area (Å²) in [7, 11) is 0. The smallest absolute Gasteiger partial charge is 0.246 e. The SMILES string of the molecule is CCC(C)[C@@H]1NC(=O)[C@H](Cc2c[nH]c3ccccc23)NC(=O)[C@H](CCCCCC(=O)NO)NC(=O)[C@H]2CCCCN2C1=O. The largest absolute Gasteiger partial charge is 0.361 e. The van der Waals surface area contributed by atoms with Gasteiger partial charge in [-0.05, 0) is 49.7 Å². The number of benzene rings is 1. The van der Waals surface area contributed by atoms with E-state index >= 15 is 0 Å². The van der Waals surface area contributed by atoms with Crippen LogP contribution in [0.2, 0.25) is 0 Å². The van der Waals surface area contributed by atoms with Crippen LogP contribution in [0.15, 0.2) is 30.5 Å². The summed E-state index contributed by atoms with van der Waals surface area (Å²) < 4.78 is 0. The number of para-hydroxylation sites is 1. The fourth-order valence-corrected chi connectivity index (χ4v) is 5.99. The predicted octanol–water partition coefficient (Wildman–Crippen LogP) is 2.06. The Balaban J connectivity index is 1.63. The number of aromatic amines is 1. The molecule has 2 saturated heterocycles. The molecule has 5 amide bonds. The molecule has 5 atom stereocenters. The van der Waals surface area contributed by atoms with Gasteiger partial charge in [0.1, 0.15) is 24.2 Å². The van der Waals surface area contributed by atoms with Crippen LogP contribution in [0.5, 0.6) is 0 Å². The van der Waals surface area contributed by atoms with Gasteiger partial charge in [0.15, 0.2) is 0 Å². The lowest BCUT2D eigenvalue weighted by molar-refractivity contribution is -0.147. The Bertz CT molecular complexity index is 1310. The number of nitrogens with zero attached hydrogens (tertiary/aromatic N) is 1. The number of amides is 5. The lowest BCUT2D eigenvalue weighted by Gasteiger charge is -2.39. The molecule has 6 N–H and O–H groups in total. The van der Waals surface area contributed by atoms with E-state index in [1.54, 1.807) is 10.4 Å². The Morgan fingerprint density at radius 1 is 1.00 bits per heavy atom. The van der Waals surface area contributed by atoms with E-state index in [0.717, 1.165) is 29.3 Å². The van der Waals surface area contributed by atoms with Gasteiger partial charge in [-0.3, -0.25) is 29.2 Å². The van der Waals surface area contributed by atoms with Gasteiger partial charge in [0.05, 0.1) is 0 Å². The molecule has 234 valence electrons. The highest BCUT2D eigenvalue weighted by Gasteiger charge is 2.40. The monoisotopic (exact) mass is 596 g/mol. The summed E-state index contributed by atoms with van der Waals surface area (Å²) in [6.07, 6.45) is 6.71. The molecule has 0 spiro atoms. The molecule has 3 heterocycles. The first-order chi connectivity index (χ1) is 20.7. The van der Waals surface area contributed by atoms with Crippen molar-refractivity contribution in [3.63, 3.8) is 0 Å². The van der Waals surface area contributed by atoms with Gasteiger partial charge < -0.3 is 25.8 Å². The zero-order valence-corrected chi connectivity index (χ0v) is 25.0. The molecule has 12 nitrogen and oxygen atoms in total. The maximum Gasteiger partial charge on any atom is 0.246 e. The van der Waals surface area contributed by atoms with Gasteiger partial charge in [0.2, 0.25) is 29.5 Å². The number of carbonyl (C=O) groups excluding carboxylic acids is 5. The quantitative estimate of drug-likeness (QED) is 0.139. The van der Waals surface area contributed by atoms with E-state index in [9.17, 15) is 24.0 Å². The molecule has 2 aromatic rings. The van der Waals surface area contributed by atoms with Crippen molar-refractivity contribution >= 4 is 40.4 Å². The van der Waals surface area contributed by atoms with Gasteiger partial charge in [0.25, 0.3) is 0 Å². The minimum Gasteiger partial charge on any atom is -0.361 e. The number of unbranched alkanes of at least 4 members (excludes halogenated alkanes) is 2. The highest BCUT2D eigenvalue weighted by molar-refractivity contribution is 5.98. The second-order valence-electron chi connectivity index (χ2n) is 11.7. The number of piperidine rings is 1. The summed E-state index contributed by atoms with van der Waals surface area (Å²) in [5.41, 5.74) is 3.35. The number of fused-ring (bicyclic) bond motifs is 2. The number of hydrogen-bond acceptors (Lipinski definition) is 6. The molecular weight excluding hydrogens is 552 g/mol. The van der Waals surface area contributed by atoms with Crippen molar-refractivity contribution in [3.8, 4) is 0 Å². The lowest BCUT2D eigenvalue weighted by Crippen LogP contribution is -2.64. The van der Waals surface area contributed by atoms with Crippen LogP contribution in [0, 0.1) is 5.92 Å². The molecule has 1 aromatic carbocycles. The number of nitrogens with one attached hydrogen (secondary N) is 5. The molecule has 0 aliphatic carbocycles. The highest BCUT2D eigenvalue weighted by atomic mass is 16.5. The molecule has 2 aliphatic heterocycles. The van der Waals surface area contributed by atoms with Crippen molar-refractivity contribution in [1.82, 2.24) is 31.3 Å². The van der Waals surface area contributed by atoms with E-state index < -0.39 is 41.9 Å². The first-order valence-electron chi connectivity index (χ1n) is 15.4. The van der Waals surface area contributed by atoms with Crippen LogP contribution < -0.4 is 21.4 Å². The summed E-state index contributed by atoms with van der Waals surface area (Å²) in [5, 5.41) is 18.4. The van der Waals surface area contributed by atoms with E-state index in [2.05, 4.69) is 20.9 Å². The first-order valence-corrected chi connectivity index (χ1v) is 15.4. The molecule has 4 rings (SSSR count). The van der Waals surface area contributed by atoms with E-state index in [1.807, 2.05) is 44.3 Å². The van der Waals surface area contributed by atoms with Gasteiger partial charge in [0, 0.05) is 36.5 Å². The zero-order chi connectivity index (χ0) is 30.9. The number of carbonyl (C=O) groups is 5. The summed E-state index contributed by atoms with van der Waals surface area (Å²) >= 11 is 0. The third kappa shape index (κ3) is 7.92. The molecule has 1 aromatic heterocycles. The molecule has 1 unspecified atom stereocenters. The van der Waals surface area contributed by atoms with Crippen LogP contribution in [0.4, 0.5) is 0 Å². The number of rotatable bonds is 10. The van der Waals surface area contributed by atoms with E-state index in [4.69, 9.17) is 5.21 Å². The molecule has 0 bridgehead atoms. The normalized spacial score (nSPS) is 24.2. The maximum atomic E-state index is 13.9. The lowest BCUT2D eigenvalue weighted by atomic mass is 9.93. The van der Waals surface area contributed by atoms with Crippen molar-refractivity contribution < 1.29 is 29.2 Å². The molecule has 0 radical (unpaired) electrons. The standard InChI is InChI=1S/C31H44N6O6/c1-3-19(2)27-31(42)37-16-10-9-14-25(37)30(41)33-23(13-5-4-6-15-26(38)36-43)28(39)34-24(29(40)35-27)17-20-18-32-22-12-8-7-11-21(20)22/h7-8,11-12,18-19,23-25,27,32,43H,3-6,9-10,13-17H2,1-2H3,(H,33,41)(H,34,39)(H,35,40)(H,36,38)/t19?,23-,24-,25+,27-/m0/s1. The van der Waals surface area contributed by atoms with E-state index in [-0.39, 0.29) is 37.0 Å². The summed E-state index contributed by atoms with van der Waals surface area (Å²) in [4.78, 5) is 71.3. The predicted molar refractivity (Wildman–Crippen MR) is 160 cm³/mol. The molecule has 0 saturated carbocycles. The van der Waals surface area contributed by atoms with Crippen molar-refractivity contribution in [2.45, 2.75) is 102 Å². The molecule has 2 aliphatic rings. The Morgan fingerprint density at radius 2 is 1.74 bits per heavy atom. The summed E-state index contributed by atoms with van der Waals surface area (Å²) in [6.45, 7) is 4.26. The van der Waals surface area contributed by atoms with Gasteiger partial charge in [-0.25, -0.2) is 5.48 Å². The van der Waals surface area contributed by atoms with Gasteiger partial charge in [-0.1, -0.05) is 51.3 Å². The minimum atomic E-state index is -0.990. The number of hydrogen-bond donors (Lipinski definition) is 6. The maximum absolute atomic E-state index is 13.9. The van der Waals surface area contributed by atoms with Crippen molar-refractivity contribution in [3.05, 3.63) is 36.0 Å². The zero-order valence-electron chi connectivity index (χ0n) is 25.0. The van der Waals surface area contributed by atoms with Gasteiger partial charge >= 0.3 is 0 Å². The number of aromatic nitrogens is 1. The minimum absolute atomic E-state index is 0.142. The second kappa shape index (κ2) is 15.0. The van der Waals surface area contributed by atoms with Crippen LogP contribution in [0.1, 0.15) is 77.2 Å². The Hall–Kier alpha value is -3.93. The summed E-state index contributed by atoms with van der Waals surface area (Å²) in [5.74, 6) is -2.26. The third-order valence-corrected chi connectivity index (χ3v) is 8.75. The van der Waals surface area contributed by atoms with Gasteiger partial charge in [-0.2, -0.15) is 0 Å². The average Bonchev–Trinajstić information content (AvgIpc) is 3.43. The Kier molecular flexibility index (Phi) is 11.2. The van der Waals surface area contributed by atoms with Gasteiger partial charge in [-0.15, -0.1) is 0 Å². The molecular formula is C31H44N6O6. The van der Waals surface area contributed by atoms with Crippen molar-refractivity contribution in [1.29, 1.82) is 0 Å². The third-order valence-electron chi connectivity index (χ3n) is 8.75. The average molecular weight is 597 g/mol. The van der Waals surface area contributed by atoms with E-state index in [1.165, 1.54) is 0 Å². The van der Waals surface area contributed by atoms with Crippen molar-refractivity contribution in [2.75, 3.05) is 6.54 Å². The Morgan fingerprint density at radius 3 is 2.51 bits per heavy atom. The number of hydroxylamine groups is 1. The fourth-order valence-electron chi connectivity index (χ4n) is 5.99. The van der Waals surface area contributed by atoms with Crippen LogP contribution >= 0.6 is 0 Å². The van der Waals surface area contributed by atoms with E-state index in [0.29, 0.717) is 38.6 Å². The van der Waals surface area contributed by atoms with Crippen molar-refractivity contribution in [2.24, 2.45) is 5.92 Å². The fraction of sp³-hybridized carbons (Fsp3) is 0.581. The Labute approximate surface area is 251 Å². The molecule has 43 heavy (non-hydrogen) atoms. The second-order valence-corrected chi connectivity index (χ2v) is 11.7. The van der Waals surface area contributed by atoms with Crippen LogP contribution in [-0.4, -0.2) is 75.3 Å². The molecule has 12 heteroatoms. The topological polar surface area (TPSA) is 173 Å². The highest BCUT2D eigenvalue weighted by Crippen LogP contribution is 2.23. The number of H-pyrrole nitrogens is 1.